The third-order valence-corrected chi connectivity index (χ3v) is 3.57. The molecule has 5 heteroatoms. The molecule has 1 fully saturated rings. The van der Waals surface area contributed by atoms with Crippen LogP contribution in [-0.2, 0) is 16.0 Å². The van der Waals surface area contributed by atoms with Crippen LogP contribution in [0.1, 0.15) is 12.5 Å². The van der Waals surface area contributed by atoms with Gasteiger partial charge in [0.15, 0.2) is 0 Å². The number of carbonyl (C=O) groups is 2. The number of amides is 2. The maximum absolute atomic E-state index is 12.4. The zero-order valence-electron chi connectivity index (χ0n) is 11.9. The average Bonchev–Trinajstić information content (AvgIpc) is 2.81. The van der Waals surface area contributed by atoms with Crippen molar-refractivity contribution >= 4 is 12.0 Å². The highest BCUT2D eigenvalue weighted by molar-refractivity contribution is 5.95. The summed E-state index contributed by atoms with van der Waals surface area (Å²) in [5.41, 5.74) is 1.02. The second-order valence-electron chi connectivity index (χ2n) is 5.13. The molecule has 3 atom stereocenters. The number of benzene rings is 1. The topological polar surface area (TPSA) is 66.8 Å². The average molecular weight is 289 g/mol. The second-order valence-corrected chi connectivity index (χ2v) is 5.13. The molecular formula is C16H19NO4. The highest BCUT2D eigenvalue weighted by atomic mass is 16.6. The zero-order chi connectivity index (χ0) is 15.4. The van der Waals surface area contributed by atoms with Crippen molar-refractivity contribution in [3.63, 3.8) is 0 Å². The molecule has 2 amide bonds. The summed E-state index contributed by atoms with van der Waals surface area (Å²) in [7, 11) is 0. The first kappa shape index (κ1) is 15.3. The molecule has 112 valence electrons. The number of nitrogens with zero attached hydrogens (tertiary/aromatic N) is 1. The van der Waals surface area contributed by atoms with E-state index in [2.05, 4.69) is 6.58 Å². The Balaban J connectivity index is 2.17. The van der Waals surface area contributed by atoms with E-state index in [9.17, 15) is 14.7 Å². The quantitative estimate of drug-likeness (QED) is 0.839. The molecule has 21 heavy (non-hydrogen) atoms. The van der Waals surface area contributed by atoms with Crippen LogP contribution in [0.4, 0.5) is 4.79 Å². The summed E-state index contributed by atoms with van der Waals surface area (Å²) in [4.78, 5) is 25.4. The van der Waals surface area contributed by atoms with Gasteiger partial charge in [0.1, 0.15) is 6.61 Å². The number of ether oxygens (including phenoxy) is 1. The van der Waals surface area contributed by atoms with Crippen molar-refractivity contribution in [2.24, 2.45) is 5.92 Å². The van der Waals surface area contributed by atoms with Gasteiger partial charge < -0.3 is 9.84 Å². The van der Waals surface area contributed by atoms with Gasteiger partial charge in [0.05, 0.1) is 18.1 Å². The van der Waals surface area contributed by atoms with Crippen molar-refractivity contribution in [3.8, 4) is 0 Å². The Bertz CT molecular complexity index is 526. The van der Waals surface area contributed by atoms with Crippen molar-refractivity contribution in [3.05, 3.63) is 48.6 Å². The summed E-state index contributed by atoms with van der Waals surface area (Å²) in [6, 6.07) is 9.23. The van der Waals surface area contributed by atoms with Crippen LogP contribution in [0.2, 0.25) is 0 Å². The molecular weight excluding hydrogens is 270 g/mol. The highest BCUT2D eigenvalue weighted by Gasteiger charge is 2.41. The third-order valence-electron chi connectivity index (χ3n) is 3.57. The summed E-state index contributed by atoms with van der Waals surface area (Å²) >= 11 is 0. The maximum atomic E-state index is 12.4. The van der Waals surface area contributed by atoms with E-state index in [1.54, 1.807) is 0 Å². The molecule has 0 aromatic heterocycles. The van der Waals surface area contributed by atoms with Crippen molar-refractivity contribution in [1.29, 1.82) is 0 Å². The van der Waals surface area contributed by atoms with Gasteiger partial charge in [-0.05, 0) is 18.9 Å². The third kappa shape index (κ3) is 3.31. The molecule has 1 N–H and O–H groups in total. The van der Waals surface area contributed by atoms with Gasteiger partial charge in [0, 0.05) is 0 Å². The van der Waals surface area contributed by atoms with E-state index in [-0.39, 0.29) is 12.6 Å². The van der Waals surface area contributed by atoms with Crippen molar-refractivity contribution in [1.82, 2.24) is 4.90 Å². The molecule has 2 rings (SSSR count). The minimum absolute atomic E-state index is 0.170. The van der Waals surface area contributed by atoms with E-state index in [1.165, 1.54) is 13.0 Å². The molecule has 0 saturated carbocycles. The number of rotatable bonds is 5. The molecule has 0 aliphatic carbocycles. The lowest BCUT2D eigenvalue weighted by Crippen LogP contribution is -2.45. The van der Waals surface area contributed by atoms with Gasteiger partial charge in [0.25, 0.3) is 0 Å². The summed E-state index contributed by atoms with van der Waals surface area (Å²) < 4.78 is 5.00. The fourth-order valence-corrected chi connectivity index (χ4v) is 2.43. The summed E-state index contributed by atoms with van der Waals surface area (Å²) in [6.07, 6.45) is 0.328. The molecule has 1 saturated heterocycles. The van der Waals surface area contributed by atoms with E-state index in [1.807, 2.05) is 30.3 Å². The van der Waals surface area contributed by atoms with Gasteiger partial charge in [-0.15, -0.1) is 6.58 Å². The van der Waals surface area contributed by atoms with Gasteiger partial charge >= 0.3 is 6.09 Å². The highest BCUT2D eigenvalue weighted by Crippen LogP contribution is 2.21. The number of carbonyl (C=O) groups excluding carboxylic acids is 2. The Morgan fingerprint density at radius 2 is 2.19 bits per heavy atom. The summed E-state index contributed by atoms with van der Waals surface area (Å²) in [5, 5.41) is 9.63. The van der Waals surface area contributed by atoms with Gasteiger partial charge in [-0.2, -0.15) is 0 Å². The zero-order valence-corrected chi connectivity index (χ0v) is 11.9. The van der Waals surface area contributed by atoms with Gasteiger partial charge in [-0.25, -0.2) is 9.69 Å². The molecule has 1 aliphatic rings. The smallest absolute Gasteiger partial charge is 0.417 e. The van der Waals surface area contributed by atoms with Crippen LogP contribution in [0.3, 0.4) is 0 Å². The maximum Gasteiger partial charge on any atom is 0.417 e. The lowest BCUT2D eigenvalue weighted by molar-refractivity contribution is -0.134. The Kier molecular flexibility index (Phi) is 4.75. The van der Waals surface area contributed by atoms with E-state index in [0.29, 0.717) is 6.42 Å². The van der Waals surface area contributed by atoms with Crippen LogP contribution in [0.5, 0.6) is 0 Å². The lowest BCUT2D eigenvalue weighted by atomic mass is 10.00. The molecule has 2 unspecified atom stereocenters. The van der Waals surface area contributed by atoms with Crippen LogP contribution in [0.15, 0.2) is 43.0 Å². The number of aliphatic hydroxyl groups is 1. The van der Waals surface area contributed by atoms with Gasteiger partial charge in [-0.1, -0.05) is 36.4 Å². The van der Waals surface area contributed by atoms with Crippen LogP contribution >= 0.6 is 0 Å². The van der Waals surface area contributed by atoms with Crippen LogP contribution in [0.25, 0.3) is 0 Å². The van der Waals surface area contributed by atoms with Crippen molar-refractivity contribution < 1.29 is 19.4 Å². The van der Waals surface area contributed by atoms with E-state index < -0.39 is 24.0 Å². The fraction of sp³-hybridized carbons (Fsp3) is 0.375. The van der Waals surface area contributed by atoms with E-state index in [0.717, 1.165) is 10.5 Å². The predicted octanol–water partition coefficient (Wildman–Crippen LogP) is 1.76. The molecule has 1 heterocycles. The molecule has 1 aromatic carbocycles. The normalized spacial score (nSPS) is 20.8. The molecule has 0 radical (unpaired) electrons. The summed E-state index contributed by atoms with van der Waals surface area (Å²) in [6.45, 7) is 5.22. The number of aliphatic hydroxyl groups excluding tert-OH is 1. The molecule has 1 aromatic rings. The largest absolute Gasteiger partial charge is 0.447 e. The van der Waals surface area contributed by atoms with E-state index in [4.69, 9.17) is 4.74 Å². The molecule has 0 bridgehead atoms. The number of imide groups is 1. The van der Waals surface area contributed by atoms with Gasteiger partial charge in [0.2, 0.25) is 5.91 Å². The lowest BCUT2D eigenvalue weighted by Gasteiger charge is -2.24. The Hall–Kier alpha value is -2.14. The number of cyclic esters (lactones) is 1. The standard InChI is InChI=1S/C16H19NO4/c1-3-14(11(2)18)15(19)17-13(10-21-16(17)20)9-12-7-5-4-6-8-12/h3-8,11,13-14,18H,1,9-10H2,2H3/t11?,13-,14?/m1/s1. The molecule has 1 aliphatic heterocycles. The molecule has 0 spiro atoms. The second kappa shape index (κ2) is 6.54. The van der Waals surface area contributed by atoms with Crippen LogP contribution in [-0.4, -0.2) is 40.8 Å². The number of hydrogen-bond donors (Lipinski definition) is 1. The molecule has 5 nitrogen and oxygen atoms in total. The summed E-state index contributed by atoms with van der Waals surface area (Å²) in [5.74, 6) is -1.28. The van der Waals surface area contributed by atoms with Crippen LogP contribution < -0.4 is 0 Å². The predicted molar refractivity (Wildman–Crippen MR) is 77.5 cm³/mol. The first-order valence-electron chi connectivity index (χ1n) is 6.89. The Morgan fingerprint density at radius 3 is 2.76 bits per heavy atom. The van der Waals surface area contributed by atoms with E-state index >= 15 is 0 Å². The first-order valence-corrected chi connectivity index (χ1v) is 6.89. The van der Waals surface area contributed by atoms with Crippen molar-refractivity contribution in [2.75, 3.05) is 6.61 Å². The first-order chi connectivity index (χ1) is 10.0. The van der Waals surface area contributed by atoms with Crippen LogP contribution in [0, 0.1) is 5.92 Å². The fourth-order valence-electron chi connectivity index (χ4n) is 2.43. The SMILES string of the molecule is C=CC(C(=O)N1C(=O)OC[C@H]1Cc1ccccc1)C(C)O. The monoisotopic (exact) mass is 289 g/mol. The number of hydrogen-bond acceptors (Lipinski definition) is 4. The minimum atomic E-state index is -0.902. The minimum Gasteiger partial charge on any atom is -0.447 e. The van der Waals surface area contributed by atoms with Crippen molar-refractivity contribution in [2.45, 2.75) is 25.5 Å². The Labute approximate surface area is 123 Å². The van der Waals surface area contributed by atoms with Gasteiger partial charge in [-0.3, -0.25) is 4.79 Å². The Morgan fingerprint density at radius 1 is 1.52 bits per heavy atom.